The first-order valence-electron chi connectivity index (χ1n) is 9.22. The third kappa shape index (κ3) is 5.59. The molecule has 0 bridgehead atoms. The van der Waals surface area contributed by atoms with E-state index in [-0.39, 0.29) is 18.0 Å². The lowest BCUT2D eigenvalue weighted by atomic mass is 10.1. The molecule has 0 radical (unpaired) electrons. The summed E-state index contributed by atoms with van der Waals surface area (Å²) in [5.74, 6) is -0.241. The van der Waals surface area contributed by atoms with Gasteiger partial charge in [0.2, 0.25) is 0 Å². The molecular weight excluding hydrogens is 386 g/mol. The Bertz CT molecular complexity index is 1000. The molecule has 0 fully saturated rings. The molecule has 6 heteroatoms. The van der Waals surface area contributed by atoms with Crippen molar-refractivity contribution in [3.05, 3.63) is 94.5 Å². The van der Waals surface area contributed by atoms with Crippen molar-refractivity contribution < 1.29 is 9.59 Å². The van der Waals surface area contributed by atoms with Crippen molar-refractivity contribution >= 4 is 34.9 Å². The van der Waals surface area contributed by atoms with E-state index in [9.17, 15) is 9.59 Å². The van der Waals surface area contributed by atoms with Crippen molar-refractivity contribution in [2.75, 3.05) is 10.6 Å². The average Bonchev–Trinajstić information content (AvgIpc) is 2.70. The summed E-state index contributed by atoms with van der Waals surface area (Å²) in [6.07, 6.45) is 0. The molecule has 3 aromatic carbocycles. The van der Waals surface area contributed by atoms with Crippen LogP contribution in [-0.2, 0) is 0 Å². The van der Waals surface area contributed by atoms with Gasteiger partial charge in [0.1, 0.15) is 0 Å². The van der Waals surface area contributed by atoms with Gasteiger partial charge < -0.3 is 16.0 Å². The Labute approximate surface area is 175 Å². The van der Waals surface area contributed by atoms with Crippen molar-refractivity contribution in [2.24, 2.45) is 0 Å². The fourth-order valence-corrected chi connectivity index (χ4v) is 2.94. The van der Waals surface area contributed by atoms with E-state index in [0.29, 0.717) is 22.0 Å². The van der Waals surface area contributed by atoms with E-state index in [0.717, 1.165) is 11.1 Å². The van der Waals surface area contributed by atoms with Crippen LogP contribution in [0.2, 0.25) is 5.02 Å². The standard InChI is InChI=1S/C23H22ClN3O2/c1-15-8-9-18(22(28)26-20-6-4-3-5-7-20)14-21(15)27-23(29)25-16(2)17-10-12-19(24)13-11-17/h3-14,16H,1-2H3,(H,26,28)(H2,25,27,29). The Morgan fingerprint density at radius 2 is 1.59 bits per heavy atom. The van der Waals surface area contributed by atoms with Gasteiger partial charge in [-0.15, -0.1) is 0 Å². The molecule has 0 saturated heterocycles. The van der Waals surface area contributed by atoms with E-state index in [4.69, 9.17) is 11.6 Å². The molecule has 29 heavy (non-hydrogen) atoms. The summed E-state index contributed by atoms with van der Waals surface area (Å²) in [6, 6.07) is 21.2. The average molecular weight is 408 g/mol. The molecule has 3 aromatic rings. The number of halogens is 1. The Morgan fingerprint density at radius 3 is 2.28 bits per heavy atom. The maximum absolute atomic E-state index is 12.5. The van der Waals surface area contributed by atoms with Gasteiger partial charge in [0.25, 0.3) is 5.91 Å². The maximum atomic E-state index is 12.5. The summed E-state index contributed by atoms with van der Waals surface area (Å²) in [5.41, 5.74) is 3.54. The van der Waals surface area contributed by atoms with Crippen LogP contribution in [0.25, 0.3) is 0 Å². The number of rotatable bonds is 5. The first kappa shape index (κ1) is 20.4. The highest BCUT2D eigenvalue weighted by Gasteiger charge is 2.13. The third-order valence-corrected chi connectivity index (χ3v) is 4.75. The molecule has 3 rings (SSSR count). The van der Waals surface area contributed by atoms with Crippen LogP contribution in [0.3, 0.4) is 0 Å². The minimum absolute atomic E-state index is 0.197. The van der Waals surface area contributed by atoms with Gasteiger partial charge in [-0.3, -0.25) is 4.79 Å². The zero-order chi connectivity index (χ0) is 20.8. The fraction of sp³-hybridized carbons (Fsp3) is 0.130. The predicted molar refractivity (Wildman–Crippen MR) is 118 cm³/mol. The topological polar surface area (TPSA) is 70.2 Å². The van der Waals surface area contributed by atoms with Crippen molar-refractivity contribution in [1.29, 1.82) is 0 Å². The molecule has 0 saturated carbocycles. The fourth-order valence-electron chi connectivity index (χ4n) is 2.81. The summed E-state index contributed by atoms with van der Waals surface area (Å²) in [4.78, 5) is 24.9. The normalized spacial score (nSPS) is 11.4. The second-order valence-electron chi connectivity index (χ2n) is 6.72. The second kappa shape index (κ2) is 9.26. The van der Waals surface area contributed by atoms with Gasteiger partial charge in [-0.25, -0.2) is 4.79 Å². The van der Waals surface area contributed by atoms with Crippen LogP contribution in [0.4, 0.5) is 16.2 Å². The number of carbonyl (C=O) groups excluding carboxylic acids is 2. The van der Waals surface area contributed by atoms with Crippen molar-refractivity contribution in [1.82, 2.24) is 5.32 Å². The smallest absolute Gasteiger partial charge is 0.319 e. The summed E-state index contributed by atoms with van der Waals surface area (Å²) in [7, 11) is 0. The van der Waals surface area contributed by atoms with E-state index in [1.807, 2.05) is 56.3 Å². The first-order valence-corrected chi connectivity index (χ1v) is 9.60. The monoisotopic (exact) mass is 407 g/mol. The van der Waals surface area contributed by atoms with Crippen LogP contribution in [-0.4, -0.2) is 11.9 Å². The summed E-state index contributed by atoms with van der Waals surface area (Å²) in [6.45, 7) is 3.76. The number of para-hydroxylation sites is 1. The lowest BCUT2D eigenvalue weighted by Crippen LogP contribution is -2.31. The number of carbonyl (C=O) groups is 2. The molecule has 0 aliphatic rings. The summed E-state index contributed by atoms with van der Waals surface area (Å²) >= 11 is 5.91. The number of aryl methyl sites for hydroxylation is 1. The molecule has 0 aliphatic carbocycles. The molecule has 5 nitrogen and oxygen atoms in total. The van der Waals surface area contributed by atoms with Crippen molar-refractivity contribution in [3.63, 3.8) is 0 Å². The lowest BCUT2D eigenvalue weighted by molar-refractivity contribution is 0.102. The van der Waals surface area contributed by atoms with E-state index in [1.165, 1.54) is 0 Å². The molecule has 3 amide bonds. The Balaban J connectivity index is 1.67. The van der Waals surface area contributed by atoms with Crippen molar-refractivity contribution in [3.8, 4) is 0 Å². The van der Waals surface area contributed by atoms with Crippen LogP contribution in [0.5, 0.6) is 0 Å². The first-order chi connectivity index (χ1) is 13.9. The largest absolute Gasteiger partial charge is 0.331 e. The molecule has 0 aromatic heterocycles. The van der Waals surface area contributed by atoms with Gasteiger partial charge >= 0.3 is 6.03 Å². The highest BCUT2D eigenvalue weighted by Crippen LogP contribution is 2.20. The number of nitrogens with one attached hydrogen (secondary N) is 3. The molecule has 3 N–H and O–H groups in total. The Kier molecular flexibility index (Phi) is 6.52. The van der Waals surface area contributed by atoms with Gasteiger partial charge in [0.05, 0.1) is 6.04 Å². The van der Waals surface area contributed by atoms with Crippen molar-refractivity contribution in [2.45, 2.75) is 19.9 Å². The van der Waals surface area contributed by atoms with E-state index < -0.39 is 0 Å². The number of benzene rings is 3. The summed E-state index contributed by atoms with van der Waals surface area (Å²) in [5, 5.41) is 9.19. The number of anilines is 2. The maximum Gasteiger partial charge on any atom is 0.319 e. The van der Waals surface area contributed by atoms with E-state index in [2.05, 4.69) is 16.0 Å². The van der Waals surface area contributed by atoms with Gasteiger partial charge in [0, 0.05) is 22.0 Å². The molecular formula is C23H22ClN3O2. The zero-order valence-corrected chi connectivity index (χ0v) is 17.0. The number of hydrogen-bond acceptors (Lipinski definition) is 2. The van der Waals surface area contributed by atoms with Gasteiger partial charge in [0.15, 0.2) is 0 Å². The van der Waals surface area contributed by atoms with Crippen LogP contribution in [0.15, 0.2) is 72.8 Å². The van der Waals surface area contributed by atoms with Gasteiger partial charge in [-0.1, -0.05) is 48.0 Å². The molecule has 1 unspecified atom stereocenters. The predicted octanol–water partition coefficient (Wildman–Crippen LogP) is 5.78. The molecule has 1 atom stereocenters. The zero-order valence-electron chi connectivity index (χ0n) is 16.2. The minimum atomic E-state index is -0.351. The summed E-state index contributed by atoms with van der Waals surface area (Å²) < 4.78 is 0. The number of hydrogen-bond donors (Lipinski definition) is 3. The number of amides is 3. The third-order valence-electron chi connectivity index (χ3n) is 4.50. The highest BCUT2D eigenvalue weighted by molar-refractivity contribution is 6.30. The Hall–Kier alpha value is -3.31. The van der Waals surface area contributed by atoms with Crippen LogP contribution in [0.1, 0.15) is 34.5 Å². The Morgan fingerprint density at radius 1 is 0.897 bits per heavy atom. The van der Waals surface area contributed by atoms with E-state index in [1.54, 1.807) is 30.3 Å². The van der Waals surface area contributed by atoms with Crippen LogP contribution >= 0.6 is 11.6 Å². The second-order valence-corrected chi connectivity index (χ2v) is 7.16. The highest BCUT2D eigenvalue weighted by atomic mass is 35.5. The molecule has 0 spiro atoms. The minimum Gasteiger partial charge on any atom is -0.331 e. The van der Waals surface area contributed by atoms with Gasteiger partial charge in [-0.05, 0) is 61.4 Å². The lowest BCUT2D eigenvalue weighted by Gasteiger charge is -2.16. The van der Waals surface area contributed by atoms with E-state index >= 15 is 0 Å². The molecule has 0 heterocycles. The quantitative estimate of drug-likeness (QED) is 0.501. The van der Waals surface area contributed by atoms with Crippen LogP contribution < -0.4 is 16.0 Å². The number of urea groups is 1. The van der Waals surface area contributed by atoms with Gasteiger partial charge in [-0.2, -0.15) is 0 Å². The van der Waals surface area contributed by atoms with Crippen LogP contribution in [0, 0.1) is 6.92 Å². The molecule has 148 valence electrons. The molecule has 0 aliphatic heterocycles. The SMILES string of the molecule is Cc1ccc(C(=O)Nc2ccccc2)cc1NC(=O)NC(C)c1ccc(Cl)cc1.